The summed E-state index contributed by atoms with van der Waals surface area (Å²) in [6.07, 6.45) is 0. The molecule has 0 saturated heterocycles. The summed E-state index contributed by atoms with van der Waals surface area (Å²) in [5.41, 5.74) is 0.945. The summed E-state index contributed by atoms with van der Waals surface area (Å²) in [5.74, 6) is 0. The molecule has 0 spiro atoms. The zero-order valence-corrected chi connectivity index (χ0v) is 14.8. The van der Waals surface area contributed by atoms with Crippen molar-refractivity contribution in [1.82, 2.24) is 4.31 Å². The molecule has 19 heavy (non-hydrogen) atoms. The fourth-order valence-corrected chi connectivity index (χ4v) is 6.27. The molecule has 0 fully saturated rings. The largest absolute Gasteiger partial charge is 0.252 e. The van der Waals surface area contributed by atoms with Gasteiger partial charge in [-0.2, -0.15) is 4.31 Å². The smallest absolute Gasteiger partial charge is 0.206 e. The fourth-order valence-electron chi connectivity index (χ4n) is 1.62. The van der Waals surface area contributed by atoms with Crippen LogP contribution in [0, 0.1) is 6.92 Å². The van der Waals surface area contributed by atoms with Crippen molar-refractivity contribution in [1.29, 1.82) is 0 Å². The predicted octanol–water partition coefficient (Wildman–Crippen LogP) is 4.26. The van der Waals surface area contributed by atoms with E-state index in [0.29, 0.717) is 4.21 Å². The molecule has 1 unspecified atom stereocenters. The maximum Gasteiger partial charge on any atom is 0.252 e. The van der Waals surface area contributed by atoms with Gasteiger partial charge in [-0.25, -0.2) is 8.42 Å². The van der Waals surface area contributed by atoms with Crippen molar-refractivity contribution in [2.24, 2.45) is 0 Å². The average Bonchev–Trinajstić information content (AvgIpc) is 2.98. The predicted molar refractivity (Wildman–Crippen MR) is 84.4 cm³/mol. The van der Waals surface area contributed by atoms with Gasteiger partial charge in [0.2, 0.25) is 0 Å². The Balaban J connectivity index is 2.34. The van der Waals surface area contributed by atoms with Gasteiger partial charge in [0.1, 0.15) is 4.21 Å². The van der Waals surface area contributed by atoms with Gasteiger partial charge in [-0.3, -0.25) is 0 Å². The molecular formula is C12H14BrNO2S3. The standard InChI is InChI=1S/C12H14BrNO2S3/c1-8-7-11(18-12(8)13)19(15,16)14(3)9(2)10-5-4-6-17-10/h4-7,9H,1-3H3. The topological polar surface area (TPSA) is 37.4 Å². The first-order valence-corrected chi connectivity index (χ1v) is 9.54. The first-order chi connectivity index (χ1) is 8.84. The van der Waals surface area contributed by atoms with Crippen LogP contribution in [0.5, 0.6) is 0 Å². The third-order valence-electron chi connectivity index (χ3n) is 2.97. The lowest BCUT2D eigenvalue weighted by atomic mass is 10.3. The maximum absolute atomic E-state index is 12.6. The third kappa shape index (κ3) is 2.95. The van der Waals surface area contributed by atoms with Gasteiger partial charge in [0, 0.05) is 11.9 Å². The molecule has 0 saturated carbocycles. The fraction of sp³-hybridized carbons (Fsp3) is 0.333. The Morgan fingerprint density at radius 3 is 2.58 bits per heavy atom. The van der Waals surface area contributed by atoms with Gasteiger partial charge >= 0.3 is 0 Å². The van der Waals surface area contributed by atoms with Crippen molar-refractivity contribution in [3.8, 4) is 0 Å². The van der Waals surface area contributed by atoms with Crippen LogP contribution in [0.4, 0.5) is 0 Å². The van der Waals surface area contributed by atoms with Crippen LogP contribution in [0.2, 0.25) is 0 Å². The van der Waals surface area contributed by atoms with Crippen LogP contribution >= 0.6 is 38.6 Å². The molecule has 2 aromatic heterocycles. The van der Waals surface area contributed by atoms with Gasteiger partial charge in [0.25, 0.3) is 10.0 Å². The molecule has 0 aliphatic rings. The summed E-state index contributed by atoms with van der Waals surface area (Å²) in [6.45, 7) is 3.79. The van der Waals surface area contributed by atoms with Crippen molar-refractivity contribution >= 4 is 48.6 Å². The second kappa shape index (κ2) is 5.65. The van der Waals surface area contributed by atoms with E-state index in [9.17, 15) is 8.42 Å². The SMILES string of the molecule is Cc1cc(S(=O)(=O)N(C)C(C)c2cccs2)sc1Br. The molecule has 1 atom stereocenters. The van der Waals surface area contributed by atoms with Gasteiger partial charge in [0.05, 0.1) is 9.83 Å². The number of hydrogen-bond acceptors (Lipinski definition) is 4. The molecule has 2 rings (SSSR count). The minimum atomic E-state index is -3.44. The molecule has 0 N–H and O–H groups in total. The molecule has 3 nitrogen and oxygen atoms in total. The van der Waals surface area contributed by atoms with Gasteiger partial charge < -0.3 is 0 Å². The number of sulfonamides is 1. The number of halogens is 1. The zero-order valence-electron chi connectivity index (χ0n) is 10.8. The van der Waals surface area contributed by atoms with Crippen molar-refractivity contribution in [2.45, 2.75) is 24.1 Å². The highest BCUT2D eigenvalue weighted by molar-refractivity contribution is 9.11. The van der Waals surface area contributed by atoms with E-state index in [1.165, 1.54) is 15.6 Å². The molecule has 2 heterocycles. The molecule has 0 radical (unpaired) electrons. The second-order valence-corrected chi connectivity index (χ2v) is 9.81. The van der Waals surface area contributed by atoms with Crippen LogP contribution < -0.4 is 0 Å². The van der Waals surface area contributed by atoms with E-state index in [2.05, 4.69) is 15.9 Å². The molecule has 104 valence electrons. The van der Waals surface area contributed by atoms with Crippen molar-refractivity contribution < 1.29 is 8.42 Å². The number of aryl methyl sites for hydroxylation is 1. The quantitative estimate of drug-likeness (QED) is 0.795. The van der Waals surface area contributed by atoms with Crippen LogP contribution in [0.3, 0.4) is 0 Å². The minimum Gasteiger partial charge on any atom is -0.206 e. The van der Waals surface area contributed by atoms with Crippen molar-refractivity contribution in [3.05, 3.63) is 37.8 Å². The zero-order chi connectivity index (χ0) is 14.2. The van der Waals surface area contributed by atoms with Crippen LogP contribution in [-0.4, -0.2) is 19.8 Å². The first-order valence-electron chi connectivity index (χ1n) is 5.61. The highest BCUT2D eigenvalue weighted by atomic mass is 79.9. The van der Waals surface area contributed by atoms with Crippen LogP contribution in [0.1, 0.15) is 23.4 Å². The summed E-state index contributed by atoms with van der Waals surface area (Å²) in [6, 6.07) is 5.44. The highest BCUT2D eigenvalue weighted by Crippen LogP contribution is 2.35. The van der Waals surface area contributed by atoms with Gasteiger partial charge in [0.15, 0.2) is 0 Å². The number of thiophene rings is 2. The van der Waals surface area contributed by atoms with Crippen molar-refractivity contribution in [2.75, 3.05) is 7.05 Å². The van der Waals surface area contributed by atoms with E-state index in [0.717, 1.165) is 14.2 Å². The molecule has 0 amide bonds. The summed E-state index contributed by atoms with van der Waals surface area (Å²) >= 11 is 6.19. The Labute approximate surface area is 130 Å². The monoisotopic (exact) mass is 379 g/mol. The van der Waals surface area contributed by atoms with E-state index in [1.54, 1.807) is 24.5 Å². The molecule has 0 bridgehead atoms. The Bertz CT molecular complexity index is 642. The van der Waals surface area contributed by atoms with Crippen LogP contribution in [0.25, 0.3) is 0 Å². The highest BCUT2D eigenvalue weighted by Gasteiger charge is 2.28. The first kappa shape index (κ1) is 15.2. The van der Waals surface area contributed by atoms with Gasteiger partial charge in [-0.05, 0) is 52.9 Å². The molecule has 2 aromatic rings. The Hall–Kier alpha value is -0.210. The van der Waals surface area contributed by atoms with Crippen LogP contribution in [-0.2, 0) is 10.0 Å². The molecule has 0 aliphatic carbocycles. The molecule has 7 heteroatoms. The van der Waals surface area contributed by atoms with E-state index < -0.39 is 10.0 Å². The number of rotatable bonds is 4. The number of hydrogen-bond donors (Lipinski definition) is 0. The lowest BCUT2D eigenvalue weighted by molar-refractivity contribution is 0.404. The van der Waals surface area contributed by atoms with Gasteiger partial charge in [-0.15, -0.1) is 22.7 Å². The summed E-state index contributed by atoms with van der Waals surface area (Å²) in [7, 11) is -1.81. The Morgan fingerprint density at radius 2 is 2.11 bits per heavy atom. The lowest BCUT2D eigenvalue weighted by Crippen LogP contribution is -2.28. The van der Waals surface area contributed by atoms with E-state index in [4.69, 9.17) is 0 Å². The average molecular weight is 380 g/mol. The Morgan fingerprint density at radius 1 is 1.42 bits per heavy atom. The molecular weight excluding hydrogens is 366 g/mol. The lowest BCUT2D eigenvalue weighted by Gasteiger charge is -2.22. The van der Waals surface area contributed by atoms with Crippen molar-refractivity contribution in [3.63, 3.8) is 0 Å². The van der Waals surface area contributed by atoms with Gasteiger partial charge in [-0.1, -0.05) is 6.07 Å². The maximum atomic E-state index is 12.6. The second-order valence-electron chi connectivity index (χ2n) is 4.23. The van der Waals surface area contributed by atoms with E-state index in [1.807, 2.05) is 31.4 Å². The minimum absolute atomic E-state index is 0.161. The normalized spacial score (nSPS) is 13.9. The summed E-state index contributed by atoms with van der Waals surface area (Å²) < 4.78 is 27.8. The van der Waals surface area contributed by atoms with E-state index in [-0.39, 0.29) is 6.04 Å². The third-order valence-corrected chi connectivity index (χ3v) is 8.52. The summed E-state index contributed by atoms with van der Waals surface area (Å²) in [4.78, 5) is 1.04. The van der Waals surface area contributed by atoms with Crippen LogP contribution in [0.15, 0.2) is 31.6 Å². The molecule has 0 aliphatic heterocycles. The number of nitrogens with zero attached hydrogens (tertiary/aromatic N) is 1. The van der Waals surface area contributed by atoms with E-state index >= 15 is 0 Å². The summed E-state index contributed by atoms with van der Waals surface area (Å²) in [5, 5.41) is 1.96. The Kier molecular flexibility index (Phi) is 4.52. The molecule has 0 aromatic carbocycles.